The lowest BCUT2D eigenvalue weighted by Gasteiger charge is -2.22. The SMILES string of the molecule is CN=C(NCc1cc(F)cc2c1OCOC2)NC1CCN(Cc2ccccc2)C1.I. The van der Waals surface area contributed by atoms with Gasteiger partial charge < -0.3 is 20.1 Å². The van der Waals surface area contributed by atoms with Gasteiger partial charge in [0, 0.05) is 50.4 Å². The topological polar surface area (TPSA) is 58.1 Å². The van der Waals surface area contributed by atoms with Crippen LogP contribution in [0.15, 0.2) is 47.5 Å². The molecule has 1 unspecified atom stereocenters. The maximum absolute atomic E-state index is 13.9. The first-order valence-electron chi connectivity index (χ1n) is 9.96. The smallest absolute Gasteiger partial charge is 0.191 e. The fourth-order valence-electron chi connectivity index (χ4n) is 3.89. The van der Waals surface area contributed by atoms with Crippen molar-refractivity contribution in [2.45, 2.75) is 32.2 Å². The molecule has 0 radical (unpaired) electrons. The van der Waals surface area contributed by atoms with Crippen molar-refractivity contribution in [3.63, 3.8) is 0 Å². The fraction of sp³-hybridized carbons (Fsp3) is 0.409. The first-order chi connectivity index (χ1) is 14.2. The zero-order chi connectivity index (χ0) is 20.1. The van der Waals surface area contributed by atoms with Gasteiger partial charge >= 0.3 is 0 Å². The summed E-state index contributed by atoms with van der Waals surface area (Å²) in [6, 6.07) is 13.8. The van der Waals surface area contributed by atoms with E-state index in [1.54, 1.807) is 7.05 Å². The molecule has 2 aromatic carbocycles. The number of hydrogen-bond acceptors (Lipinski definition) is 4. The van der Waals surface area contributed by atoms with Crippen LogP contribution in [0.25, 0.3) is 0 Å². The van der Waals surface area contributed by atoms with Crippen LogP contribution in [-0.4, -0.2) is 43.8 Å². The molecule has 2 aliphatic heterocycles. The molecule has 6 nitrogen and oxygen atoms in total. The summed E-state index contributed by atoms with van der Waals surface area (Å²) in [5.74, 6) is 1.13. The van der Waals surface area contributed by atoms with Crippen LogP contribution in [0.1, 0.15) is 23.1 Å². The van der Waals surface area contributed by atoms with Crippen molar-refractivity contribution in [3.8, 4) is 5.75 Å². The summed E-state index contributed by atoms with van der Waals surface area (Å²) in [6.45, 7) is 3.96. The Labute approximate surface area is 193 Å². The van der Waals surface area contributed by atoms with Gasteiger partial charge in [-0.15, -0.1) is 24.0 Å². The summed E-state index contributed by atoms with van der Waals surface area (Å²) in [7, 11) is 1.75. The third kappa shape index (κ3) is 5.83. The maximum atomic E-state index is 13.9. The molecule has 30 heavy (non-hydrogen) atoms. The van der Waals surface area contributed by atoms with Crippen molar-refractivity contribution in [1.82, 2.24) is 15.5 Å². The van der Waals surface area contributed by atoms with Crippen molar-refractivity contribution in [1.29, 1.82) is 0 Å². The van der Waals surface area contributed by atoms with Crippen LogP contribution in [0.3, 0.4) is 0 Å². The lowest BCUT2D eigenvalue weighted by Crippen LogP contribution is -2.44. The molecular formula is C22H28FIN4O2. The minimum atomic E-state index is -0.287. The largest absolute Gasteiger partial charge is 0.467 e. The van der Waals surface area contributed by atoms with E-state index in [0.717, 1.165) is 37.2 Å². The predicted octanol–water partition coefficient (Wildman–Crippen LogP) is 3.25. The van der Waals surface area contributed by atoms with Gasteiger partial charge in [-0.3, -0.25) is 9.89 Å². The van der Waals surface area contributed by atoms with Crippen molar-refractivity contribution in [3.05, 3.63) is 65.0 Å². The van der Waals surface area contributed by atoms with Crippen molar-refractivity contribution in [2.75, 3.05) is 26.9 Å². The molecular weight excluding hydrogens is 498 g/mol. The Kier molecular flexibility index (Phi) is 8.29. The number of nitrogens with zero attached hydrogens (tertiary/aromatic N) is 2. The van der Waals surface area contributed by atoms with Crippen LogP contribution in [0.4, 0.5) is 4.39 Å². The third-order valence-corrected chi connectivity index (χ3v) is 5.28. The Bertz CT molecular complexity index is 866. The second kappa shape index (κ2) is 10.9. The van der Waals surface area contributed by atoms with E-state index in [4.69, 9.17) is 9.47 Å². The highest BCUT2D eigenvalue weighted by Crippen LogP contribution is 2.29. The average molecular weight is 526 g/mol. The van der Waals surface area contributed by atoms with E-state index < -0.39 is 0 Å². The van der Waals surface area contributed by atoms with Crippen LogP contribution >= 0.6 is 24.0 Å². The number of benzene rings is 2. The van der Waals surface area contributed by atoms with Gasteiger partial charge in [0.05, 0.1) is 6.61 Å². The van der Waals surface area contributed by atoms with Crippen molar-refractivity contribution in [2.24, 2.45) is 4.99 Å². The lowest BCUT2D eigenvalue weighted by atomic mass is 10.1. The third-order valence-electron chi connectivity index (χ3n) is 5.28. The van der Waals surface area contributed by atoms with Gasteiger partial charge in [0.2, 0.25) is 0 Å². The molecule has 0 bridgehead atoms. The number of hydrogen-bond donors (Lipinski definition) is 2. The number of likely N-dealkylation sites (tertiary alicyclic amines) is 1. The Morgan fingerprint density at radius 3 is 2.90 bits per heavy atom. The summed E-state index contributed by atoms with van der Waals surface area (Å²) in [6.07, 6.45) is 1.06. The number of guanidine groups is 1. The molecule has 162 valence electrons. The summed E-state index contributed by atoms with van der Waals surface area (Å²) < 4.78 is 24.7. The van der Waals surface area contributed by atoms with E-state index in [1.807, 2.05) is 6.07 Å². The zero-order valence-electron chi connectivity index (χ0n) is 17.1. The Morgan fingerprint density at radius 2 is 2.10 bits per heavy atom. The van der Waals surface area contributed by atoms with Crippen LogP contribution in [0.5, 0.6) is 5.75 Å². The highest BCUT2D eigenvalue weighted by molar-refractivity contribution is 14.0. The van der Waals surface area contributed by atoms with Crippen molar-refractivity contribution >= 4 is 29.9 Å². The molecule has 0 aromatic heterocycles. The normalized spacial score (nSPS) is 18.9. The summed E-state index contributed by atoms with van der Waals surface area (Å²) in [4.78, 5) is 6.77. The van der Waals surface area contributed by atoms with Gasteiger partial charge in [-0.05, 0) is 24.1 Å². The Hall–Kier alpha value is -1.91. The van der Waals surface area contributed by atoms with Crippen molar-refractivity contribution < 1.29 is 13.9 Å². The maximum Gasteiger partial charge on any atom is 0.191 e. The Balaban J connectivity index is 0.00000256. The number of rotatable bonds is 5. The van der Waals surface area contributed by atoms with E-state index in [0.29, 0.717) is 30.9 Å². The van der Waals surface area contributed by atoms with E-state index >= 15 is 0 Å². The number of fused-ring (bicyclic) bond motifs is 1. The van der Waals surface area contributed by atoms with Crippen LogP contribution < -0.4 is 15.4 Å². The summed E-state index contributed by atoms with van der Waals surface area (Å²) >= 11 is 0. The van der Waals surface area contributed by atoms with E-state index in [-0.39, 0.29) is 36.6 Å². The number of ether oxygens (including phenoxy) is 2. The average Bonchev–Trinajstić information content (AvgIpc) is 3.18. The molecule has 4 rings (SSSR count). The molecule has 2 aliphatic rings. The van der Waals surface area contributed by atoms with E-state index in [2.05, 4.69) is 44.8 Å². The van der Waals surface area contributed by atoms with Crippen LogP contribution in [0, 0.1) is 5.82 Å². The molecule has 1 saturated heterocycles. The van der Waals surface area contributed by atoms with Gasteiger partial charge in [0.1, 0.15) is 11.6 Å². The summed E-state index contributed by atoms with van der Waals surface area (Å²) in [5, 5.41) is 6.77. The zero-order valence-corrected chi connectivity index (χ0v) is 19.4. The Morgan fingerprint density at radius 1 is 1.27 bits per heavy atom. The lowest BCUT2D eigenvalue weighted by molar-refractivity contribution is -0.0172. The van der Waals surface area contributed by atoms with Gasteiger partial charge in [-0.2, -0.15) is 0 Å². The number of aliphatic imine (C=N–C) groups is 1. The second-order valence-electron chi connectivity index (χ2n) is 7.44. The molecule has 2 N–H and O–H groups in total. The molecule has 2 heterocycles. The highest BCUT2D eigenvalue weighted by atomic mass is 127. The first-order valence-corrected chi connectivity index (χ1v) is 9.96. The highest BCUT2D eigenvalue weighted by Gasteiger charge is 2.23. The molecule has 0 spiro atoms. The number of nitrogens with one attached hydrogen (secondary N) is 2. The molecule has 0 saturated carbocycles. The molecule has 1 atom stereocenters. The van der Waals surface area contributed by atoms with Gasteiger partial charge in [0.15, 0.2) is 12.8 Å². The standard InChI is InChI=1S/C22H27FN4O2.HI/c1-24-22(25-11-17-9-19(23)10-18-14-28-15-29-21(17)18)26-20-7-8-27(13-20)12-16-5-3-2-4-6-16;/h2-6,9-10,20H,7-8,11-15H2,1H3,(H2,24,25,26);1H. The monoisotopic (exact) mass is 526 g/mol. The minimum absolute atomic E-state index is 0. The van der Waals surface area contributed by atoms with E-state index in [9.17, 15) is 4.39 Å². The van der Waals surface area contributed by atoms with E-state index in [1.165, 1.54) is 17.7 Å². The molecule has 0 amide bonds. The van der Waals surface area contributed by atoms with Gasteiger partial charge in [-0.1, -0.05) is 30.3 Å². The first kappa shape index (κ1) is 22.8. The molecule has 1 fully saturated rings. The minimum Gasteiger partial charge on any atom is -0.467 e. The fourth-order valence-corrected chi connectivity index (χ4v) is 3.89. The number of halogens is 2. The van der Waals surface area contributed by atoms with Gasteiger partial charge in [-0.25, -0.2) is 4.39 Å². The quantitative estimate of drug-likeness (QED) is 0.356. The van der Waals surface area contributed by atoms with Crippen LogP contribution in [0.2, 0.25) is 0 Å². The molecule has 8 heteroatoms. The van der Waals surface area contributed by atoms with Gasteiger partial charge in [0.25, 0.3) is 0 Å². The van der Waals surface area contributed by atoms with Crippen LogP contribution in [-0.2, 0) is 24.4 Å². The molecule has 2 aromatic rings. The summed E-state index contributed by atoms with van der Waals surface area (Å²) in [5.41, 5.74) is 2.84. The second-order valence-corrected chi connectivity index (χ2v) is 7.44. The predicted molar refractivity (Wildman–Crippen MR) is 126 cm³/mol. The molecule has 0 aliphatic carbocycles.